The van der Waals surface area contributed by atoms with Crippen LogP contribution in [-0.2, 0) is 10.0 Å². The predicted molar refractivity (Wildman–Crippen MR) is 67.1 cm³/mol. The molecule has 1 rings (SSSR count). The van der Waals surface area contributed by atoms with Crippen molar-refractivity contribution in [1.29, 1.82) is 0 Å². The van der Waals surface area contributed by atoms with Gasteiger partial charge in [0.15, 0.2) is 4.90 Å². The molecule has 0 spiro atoms. The fraction of sp³-hybridized carbons (Fsp3) is 0.600. The Morgan fingerprint density at radius 2 is 1.89 bits per heavy atom. The summed E-state index contributed by atoms with van der Waals surface area (Å²) < 4.78 is 26.4. The van der Waals surface area contributed by atoms with Crippen molar-refractivity contribution < 1.29 is 8.42 Å². The Balaban J connectivity index is 3.22. The Kier molecular flexibility index (Phi) is 4.47. The van der Waals surface area contributed by atoms with E-state index in [1.807, 2.05) is 11.9 Å². The van der Waals surface area contributed by atoms with Gasteiger partial charge in [0.2, 0.25) is 10.0 Å². The van der Waals surface area contributed by atoms with Crippen LogP contribution in [-0.4, -0.2) is 24.4 Å². The first-order valence-corrected chi connectivity index (χ1v) is 7.11. The monoisotopic (exact) mass is 275 g/mol. The van der Waals surface area contributed by atoms with Gasteiger partial charge in [-0.15, -0.1) is 0 Å². The molecule has 1 heterocycles. The molecular weight excluding hydrogens is 258 g/mol. The summed E-state index contributed by atoms with van der Waals surface area (Å²) in [7, 11) is -3.92. The maximum absolute atomic E-state index is 12.0. The molecule has 0 aliphatic rings. The molecule has 0 aliphatic carbocycles. The first-order chi connectivity index (χ1) is 8.27. The number of sulfonamides is 1. The maximum Gasteiger partial charge on any atom is 0.325 e. The Labute approximate surface area is 105 Å². The van der Waals surface area contributed by atoms with Crippen LogP contribution in [0, 0.1) is 6.92 Å². The van der Waals surface area contributed by atoms with Crippen molar-refractivity contribution in [2.45, 2.75) is 44.6 Å². The summed E-state index contributed by atoms with van der Waals surface area (Å²) in [5, 5.41) is 0. The zero-order chi connectivity index (χ0) is 13.9. The SMILES string of the molecule is CCC[C@@H](C)NS(=O)(=O)c1c(C)[nH]c(=O)[nH]c1=O. The van der Waals surface area contributed by atoms with Crippen molar-refractivity contribution in [3.8, 4) is 0 Å². The highest BCUT2D eigenvalue weighted by molar-refractivity contribution is 7.89. The van der Waals surface area contributed by atoms with Crippen LogP contribution >= 0.6 is 0 Å². The van der Waals surface area contributed by atoms with Crippen LogP contribution in [0.25, 0.3) is 0 Å². The van der Waals surface area contributed by atoms with Gasteiger partial charge in [-0.3, -0.25) is 9.78 Å². The van der Waals surface area contributed by atoms with Gasteiger partial charge in [-0.2, -0.15) is 0 Å². The number of rotatable bonds is 5. The van der Waals surface area contributed by atoms with Gasteiger partial charge in [-0.25, -0.2) is 17.9 Å². The number of aromatic nitrogens is 2. The molecule has 7 nitrogen and oxygen atoms in total. The van der Waals surface area contributed by atoms with Crippen molar-refractivity contribution >= 4 is 10.0 Å². The van der Waals surface area contributed by atoms with Crippen LogP contribution in [0.15, 0.2) is 14.5 Å². The minimum atomic E-state index is -3.92. The molecule has 0 fully saturated rings. The zero-order valence-electron chi connectivity index (χ0n) is 10.5. The highest BCUT2D eigenvalue weighted by Crippen LogP contribution is 2.07. The van der Waals surface area contributed by atoms with Gasteiger partial charge < -0.3 is 4.98 Å². The number of nitrogens with one attached hydrogen (secondary N) is 3. The third-order valence-corrected chi connectivity index (χ3v) is 4.16. The Morgan fingerprint density at radius 3 is 2.39 bits per heavy atom. The molecule has 3 N–H and O–H groups in total. The fourth-order valence-electron chi connectivity index (χ4n) is 1.73. The van der Waals surface area contributed by atoms with E-state index in [-0.39, 0.29) is 11.7 Å². The lowest BCUT2D eigenvalue weighted by molar-refractivity contribution is 0.541. The molecule has 1 aromatic rings. The van der Waals surface area contributed by atoms with Crippen molar-refractivity contribution in [3.05, 3.63) is 26.5 Å². The van der Waals surface area contributed by atoms with E-state index >= 15 is 0 Å². The van der Waals surface area contributed by atoms with Gasteiger partial charge in [-0.05, 0) is 20.3 Å². The molecule has 0 aliphatic heterocycles. The van der Waals surface area contributed by atoms with Crippen LogP contribution in [0.4, 0.5) is 0 Å². The average molecular weight is 275 g/mol. The van der Waals surface area contributed by atoms with Crippen molar-refractivity contribution in [3.63, 3.8) is 0 Å². The van der Waals surface area contributed by atoms with E-state index in [1.54, 1.807) is 6.92 Å². The Morgan fingerprint density at radius 1 is 1.28 bits per heavy atom. The fourth-order valence-corrected chi connectivity index (χ4v) is 3.24. The van der Waals surface area contributed by atoms with Gasteiger partial charge in [0, 0.05) is 11.7 Å². The summed E-state index contributed by atoms with van der Waals surface area (Å²) in [5.41, 5.74) is -1.61. The van der Waals surface area contributed by atoms with E-state index in [9.17, 15) is 18.0 Å². The zero-order valence-corrected chi connectivity index (χ0v) is 11.3. The molecule has 102 valence electrons. The summed E-state index contributed by atoms with van der Waals surface area (Å²) in [6.07, 6.45) is 1.49. The van der Waals surface area contributed by atoms with E-state index < -0.39 is 26.2 Å². The second-order valence-electron chi connectivity index (χ2n) is 4.17. The molecule has 1 aromatic heterocycles. The Bertz CT molecular complexity index is 629. The quantitative estimate of drug-likeness (QED) is 0.693. The van der Waals surface area contributed by atoms with E-state index in [0.717, 1.165) is 6.42 Å². The summed E-state index contributed by atoms with van der Waals surface area (Å²) >= 11 is 0. The molecule has 0 bridgehead atoms. The van der Waals surface area contributed by atoms with E-state index in [4.69, 9.17) is 0 Å². The van der Waals surface area contributed by atoms with Crippen LogP contribution in [0.3, 0.4) is 0 Å². The summed E-state index contributed by atoms with van der Waals surface area (Å²) in [6, 6.07) is -0.272. The molecule has 0 aromatic carbocycles. The minimum absolute atomic E-state index is 0.0277. The number of aromatic amines is 2. The average Bonchev–Trinajstić information content (AvgIpc) is 2.13. The molecule has 18 heavy (non-hydrogen) atoms. The number of hydrogen-bond acceptors (Lipinski definition) is 4. The minimum Gasteiger partial charge on any atom is -0.310 e. The summed E-state index contributed by atoms with van der Waals surface area (Å²) in [6.45, 7) is 5.02. The van der Waals surface area contributed by atoms with Gasteiger partial charge in [0.1, 0.15) is 0 Å². The molecule has 0 saturated heterocycles. The highest BCUT2D eigenvalue weighted by atomic mass is 32.2. The summed E-state index contributed by atoms with van der Waals surface area (Å²) in [4.78, 5) is 26.3. The van der Waals surface area contributed by atoms with E-state index in [1.165, 1.54) is 6.92 Å². The van der Waals surface area contributed by atoms with Crippen molar-refractivity contribution in [1.82, 2.24) is 14.7 Å². The molecule has 0 radical (unpaired) electrons. The predicted octanol–water partition coefficient (Wildman–Crippen LogP) is -0.161. The number of H-pyrrole nitrogens is 2. The Hall–Kier alpha value is -1.41. The molecule has 0 amide bonds. The molecular formula is C10H17N3O4S. The summed E-state index contributed by atoms with van der Waals surface area (Å²) in [5.74, 6) is 0. The van der Waals surface area contributed by atoms with E-state index in [0.29, 0.717) is 6.42 Å². The second kappa shape index (κ2) is 5.49. The molecule has 8 heteroatoms. The van der Waals surface area contributed by atoms with Gasteiger partial charge >= 0.3 is 5.69 Å². The van der Waals surface area contributed by atoms with Crippen LogP contribution in [0.2, 0.25) is 0 Å². The second-order valence-corrected chi connectivity index (χ2v) is 5.82. The first-order valence-electron chi connectivity index (χ1n) is 5.63. The third kappa shape index (κ3) is 3.30. The standard InChI is InChI=1S/C10H17N3O4S/c1-4-5-6(2)13-18(16,17)8-7(3)11-10(15)12-9(8)14/h6,13H,4-5H2,1-3H3,(H2,11,12,14,15)/t6-/m1/s1. The van der Waals surface area contributed by atoms with Crippen LogP contribution in [0.5, 0.6) is 0 Å². The van der Waals surface area contributed by atoms with E-state index in [2.05, 4.69) is 9.71 Å². The lowest BCUT2D eigenvalue weighted by Crippen LogP contribution is -2.38. The molecule has 0 unspecified atom stereocenters. The lowest BCUT2D eigenvalue weighted by Gasteiger charge is -2.13. The maximum atomic E-state index is 12.0. The van der Waals surface area contributed by atoms with Crippen LogP contribution in [0.1, 0.15) is 32.4 Å². The molecule has 0 saturated carbocycles. The third-order valence-electron chi connectivity index (χ3n) is 2.42. The first kappa shape index (κ1) is 14.7. The smallest absolute Gasteiger partial charge is 0.310 e. The topological polar surface area (TPSA) is 112 Å². The molecule has 1 atom stereocenters. The number of hydrogen-bond donors (Lipinski definition) is 3. The van der Waals surface area contributed by atoms with Crippen molar-refractivity contribution in [2.24, 2.45) is 0 Å². The van der Waals surface area contributed by atoms with Crippen molar-refractivity contribution in [2.75, 3.05) is 0 Å². The lowest BCUT2D eigenvalue weighted by atomic mass is 10.2. The van der Waals surface area contributed by atoms with Gasteiger partial charge in [0.05, 0.1) is 0 Å². The normalized spacial score (nSPS) is 13.5. The van der Waals surface area contributed by atoms with Gasteiger partial charge in [0.25, 0.3) is 5.56 Å². The largest absolute Gasteiger partial charge is 0.325 e. The van der Waals surface area contributed by atoms with Gasteiger partial charge in [-0.1, -0.05) is 13.3 Å². The highest BCUT2D eigenvalue weighted by Gasteiger charge is 2.23. The van der Waals surface area contributed by atoms with Crippen LogP contribution < -0.4 is 16.0 Å². The number of aryl methyl sites for hydroxylation is 1.